The van der Waals surface area contributed by atoms with E-state index < -0.39 is 9.84 Å². The normalized spacial score (nSPS) is 24.4. The molecule has 92 valence electrons. The molecule has 0 aromatic rings. The summed E-state index contributed by atoms with van der Waals surface area (Å²) >= 11 is 0. The summed E-state index contributed by atoms with van der Waals surface area (Å²) in [5, 5.41) is 3.08. The Kier molecular flexibility index (Phi) is 4.49. The smallest absolute Gasteiger partial charge is 0.333 e. The highest BCUT2D eigenvalue weighted by atomic mass is 32.2. The zero-order valence-corrected chi connectivity index (χ0v) is 10.3. The maximum absolute atomic E-state index is 11.2. The Morgan fingerprint density at radius 1 is 1.56 bits per heavy atom. The van der Waals surface area contributed by atoms with Crippen molar-refractivity contribution in [3.8, 4) is 0 Å². The molecule has 0 spiro atoms. The standard InChI is InChI=1S/C10H17NO4S/c1-8(10(12)15-2)3-5-11-9-4-6-16(13,14)7-9/h3,9,11H,4-7H2,1-2H3. The minimum atomic E-state index is -2.84. The van der Waals surface area contributed by atoms with Gasteiger partial charge in [-0.25, -0.2) is 13.2 Å². The third-order valence-electron chi connectivity index (χ3n) is 2.55. The second-order valence-corrected chi connectivity index (χ2v) is 6.12. The minimum Gasteiger partial charge on any atom is -0.466 e. The molecular weight excluding hydrogens is 230 g/mol. The van der Waals surface area contributed by atoms with Gasteiger partial charge in [0, 0.05) is 18.2 Å². The summed E-state index contributed by atoms with van der Waals surface area (Å²) in [6.45, 7) is 2.15. The molecule has 1 aliphatic rings. The van der Waals surface area contributed by atoms with Crippen LogP contribution in [0.3, 0.4) is 0 Å². The summed E-state index contributed by atoms with van der Waals surface area (Å²) in [6, 6.07) is 0.00620. The number of ether oxygens (including phenoxy) is 1. The second kappa shape index (κ2) is 5.45. The van der Waals surface area contributed by atoms with Crippen LogP contribution in [0.4, 0.5) is 0 Å². The van der Waals surface area contributed by atoms with E-state index in [4.69, 9.17) is 0 Å². The quantitative estimate of drug-likeness (QED) is 0.554. The van der Waals surface area contributed by atoms with Gasteiger partial charge in [0.2, 0.25) is 0 Å². The predicted molar refractivity (Wildman–Crippen MR) is 60.8 cm³/mol. The third-order valence-corrected chi connectivity index (χ3v) is 4.32. The summed E-state index contributed by atoms with van der Waals surface area (Å²) in [7, 11) is -1.51. The van der Waals surface area contributed by atoms with Crippen LogP contribution < -0.4 is 5.32 Å². The van der Waals surface area contributed by atoms with Gasteiger partial charge in [0.05, 0.1) is 18.6 Å². The second-order valence-electron chi connectivity index (χ2n) is 3.89. The number of nitrogens with one attached hydrogen (secondary N) is 1. The lowest BCUT2D eigenvalue weighted by atomic mass is 10.2. The molecule has 1 saturated heterocycles. The summed E-state index contributed by atoms with van der Waals surface area (Å²) in [6.07, 6.45) is 2.35. The van der Waals surface area contributed by atoms with Crippen LogP contribution in [0.2, 0.25) is 0 Å². The van der Waals surface area contributed by atoms with Crippen LogP contribution in [-0.2, 0) is 19.4 Å². The molecule has 0 aromatic heterocycles. The molecule has 0 aromatic carbocycles. The number of hydrogen-bond acceptors (Lipinski definition) is 5. The highest BCUT2D eigenvalue weighted by Gasteiger charge is 2.26. The Bertz CT molecular complexity index is 386. The van der Waals surface area contributed by atoms with Crippen LogP contribution in [0.25, 0.3) is 0 Å². The van der Waals surface area contributed by atoms with Crippen LogP contribution in [0.1, 0.15) is 13.3 Å². The molecule has 6 heteroatoms. The SMILES string of the molecule is COC(=O)C(C)=CCNC1CCS(=O)(=O)C1. The van der Waals surface area contributed by atoms with Gasteiger partial charge in [-0.05, 0) is 13.3 Å². The monoisotopic (exact) mass is 247 g/mol. The Morgan fingerprint density at radius 3 is 2.75 bits per heavy atom. The van der Waals surface area contributed by atoms with E-state index in [2.05, 4.69) is 10.1 Å². The Balaban J connectivity index is 2.34. The van der Waals surface area contributed by atoms with Crippen molar-refractivity contribution in [2.24, 2.45) is 0 Å². The van der Waals surface area contributed by atoms with Crippen LogP contribution in [-0.4, -0.2) is 45.6 Å². The molecule has 1 N–H and O–H groups in total. The molecule has 0 aliphatic carbocycles. The first-order chi connectivity index (χ1) is 7.44. The van der Waals surface area contributed by atoms with E-state index in [1.54, 1.807) is 13.0 Å². The fourth-order valence-corrected chi connectivity index (χ4v) is 3.29. The molecular formula is C10H17NO4S. The van der Waals surface area contributed by atoms with E-state index in [9.17, 15) is 13.2 Å². The Hall–Kier alpha value is -0.880. The van der Waals surface area contributed by atoms with Gasteiger partial charge >= 0.3 is 5.97 Å². The molecule has 5 nitrogen and oxygen atoms in total. The Labute approximate surface area is 95.8 Å². The molecule has 1 atom stereocenters. The molecule has 1 unspecified atom stereocenters. The van der Waals surface area contributed by atoms with Crippen LogP contribution in [0.15, 0.2) is 11.6 Å². The van der Waals surface area contributed by atoms with Crippen molar-refractivity contribution in [1.82, 2.24) is 5.32 Å². The number of hydrogen-bond donors (Lipinski definition) is 1. The van der Waals surface area contributed by atoms with Crippen molar-refractivity contribution >= 4 is 15.8 Å². The summed E-state index contributed by atoms with van der Waals surface area (Å²) < 4.78 is 26.9. The third kappa shape index (κ3) is 3.94. The van der Waals surface area contributed by atoms with Gasteiger partial charge in [0.25, 0.3) is 0 Å². The first-order valence-corrected chi connectivity index (χ1v) is 6.95. The van der Waals surface area contributed by atoms with Gasteiger partial charge in [-0.1, -0.05) is 6.08 Å². The van der Waals surface area contributed by atoms with E-state index in [-0.39, 0.29) is 23.5 Å². The summed E-state index contributed by atoms with van der Waals surface area (Å²) in [5.41, 5.74) is 0.524. The van der Waals surface area contributed by atoms with Gasteiger partial charge in [-0.2, -0.15) is 0 Å². The zero-order chi connectivity index (χ0) is 12.2. The first-order valence-electron chi connectivity index (χ1n) is 5.13. The van der Waals surface area contributed by atoms with Gasteiger partial charge in [0.15, 0.2) is 9.84 Å². The minimum absolute atomic E-state index is 0.00620. The van der Waals surface area contributed by atoms with E-state index in [1.807, 2.05) is 0 Å². The number of esters is 1. The molecule has 1 heterocycles. The lowest BCUT2D eigenvalue weighted by molar-refractivity contribution is -0.136. The van der Waals surface area contributed by atoms with Crippen molar-refractivity contribution in [3.63, 3.8) is 0 Å². The van der Waals surface area contributed by atoms with Gasteiger partial charge in [-0.3, -0.25) is 0 Å². The van der Waals surface area contributed by atoms with E-state index >= 15 is 0 Å². The molecule has 0 amide bonds. The van der Waals surface area contributed by atoms with Crippen molar-refractivity contribution in [3.05, 3.63) is 11.6 Å². The highest BCUT2D eigenvalue weighted by Crippen LogP contribution is 2.10. The molecule has 16 heavy (non-hydrogen) atoms. The van der Waals surface area contributed by atoms with Crippen LogP contribution in [0, 0.1) is 0 Å². The zero-order valence-electron chi connectivity index (χ0n) is 9.52. The lowest BCUT2D eigenvalue weighted by Crippen LogP contribution is -2.30. The first kappa shape index (κ1) is 13.2. The van der Waals surface area contributed by atoms with E-state index in [0.29, 0.717) is 18.5 Å². The van der Waals surface area contributed by atoms with Gasteiger partial charge in [0.1, 0.15) is 0 Å². The maximum atomic E-state index is 11.2. The number of carbonyl (C=O) groups excluding carboxylic acids is 1. The molecule has 0 saturated carbocycles. The van der Waals surface area contributed by atoms with Crippen molar-refractivity contribution in [2.75, 3.05) is 25.2 Å². The predicted octanol–water partition coefficient (Wildman–Crippen LogP) is -0.118. The van der Waals surface area contributed by atoms with Crippen molar-refractivity contribution in [2.45, 2.75) is 19.4 Å². The van der Waals surface area contributed by atoms with E-state index in [0.717, 1.165) is 0 Å². The summed E-state index contributed by atoms with van der Waals surface area (Å²) in [5.74, 6) is 0.0866. The molecule has 1 aliphatic heterocycles. The topological polar surface area (TPSA) is 72.5 Å². The number of methoxy groups -OCH3 is 1. The molecule has 1 rings (SSSR count). The number of rotatable bonds is 4. The van der Waals surface area contributed by atoms with Crippen LogP contribution >= 0.6 is 0 Å². The Morgan fingerprint density at radius 2 is 2.25 bits per heavy atom. The van der Waals surface area contributed by atoms with E-state index in [1.165, 1.54) is 7.11 Å². The summed E-state index contributed by atoms with van der Waals surface area (Å²) in [4.78, 5) is 11.0. The largest absolute Gasteiger partial charge is 0.466 e. The lowest BCUT2D eigenvalue weighted by Gasteiger charge is -2.08. The number of carbonyl (C=O) groups is 1. The fourth-order valence-electron chi connectivity index (χ4n) is 1.58. The maximum Gasteiger partial charge on any atom is 0.333 e. The van der Waals surface area contributed by atoms with Crippen molar-refractivity contribution < 1.29 is 17.9 Å². The van der Waals surface area contributed by atoms with Crippen LogP contribution in [0.5, 0.6) is 0 Å². The van der Waals surface area contributed by atoms with Gasteiger partial charge in [-0.15, -0.1) is 0 Å². The average molecular weight is 247 g/mol. The van der Waals surface area contributed by atoms with Gasteiger partial charge < -0.3 is 10.1 Å². The molecule has 1 fully saturated rings. The molecule has 0 bridgehead atoms. The van der Waals surface area contributed by atoms with Crippen molar-refractivity contribution in [1.29, 1.82) is 0 Å². The molecule has 0 radical (unpaired) electrons. The number of sulfone groups is 1. The highest BCUT2D eigenvalue weighted by molar-refractivity contribution is 7.91. The fraction of sp³-hybridized carbons (Fsp3) is 0.700. The average Bonchev–Trinajstić information content (AvgIpc) is 2.57.